The topological polar surface area (TPSA) is 87.0 Å². The van der Waals surface area contributed by atoms with Crippen molar-refractivity contribution in [1.82, 2.24) is 0 Å². The Labute approximate surface area is 121 Å². The van der Waals surface area contributed by atoms with Crippen LogP contribution in [-0.2, 0) is 0 Å². The molecule has 3 N–H and O–H groups in total. The fraction of sp³-hybridized carbons (Fsp3) is 0.0625. The molecule has 108 valence electrons. The van der Waals surface area contributed by atoms with Crippen LogP contribution in [0.5, 0.6) is 23.0 Å². The number of ether oxygens (including phenoxy) is 1. The molecule has 0 aliphatic carbocycles. The number of allylic oxidation sites excluding steroid dienone is 1. The Morgan fingerprint density at radius 1 is 1.00 bits per heavy atom. The zero-order valence-corrected chi connectivity index (χ0v) is 11.3. The molecule has 0 saturated heterocycles. The fourth-order valence-corrected chi connectivity index (χ4v) is 1.77. The number of carbonyl (C=O) groups excluding carboxylic acids is 1. The average molecular weight is 286 g/mol. The molecule has 21 heavy (non-hydrogen) atoms. The van der Waals surface area contributed by atoms with Gasteiger partial charge in [0.15, 0.2) is 17.3 Å². The van der Waals surface area contributed by atoms with Crippen molar-refractivity contribution in [2.45, 2.75) is 0 Å². The molecular weight excluding hydrogens is 272 g/mol. The Hall–Kier alpha value is -2.95. The molecule has 5 nitrogen and oxygen atoms in total. The Morgan fingerprint density at radius 2 is 1.67 bits per heavy atom. The lowest BCUT2D eigenvalue weighted by atomic mass is 10.1. The van der Waals surface area contributed by atoms with E-state index in [2.05, 4.69) is 0 Å². The van der Waals surface area contributed by atoms with Gasteiger partial charge < -0.3 is 20.1 Å². The summed E-state index contributed by atoms with van der Waals surface area (Å²) in [6, 6.07) is 9.06. The minimum atomic E-state index is -0.519. The van der Waals surface area contributed by atoms with Gasteiger partial charge in [0.1, 0.15) is 5.75 Å². The number of phenolic OH excluding ortho intramolecular Hbond substituents is 3. The molecule has 0 saturated carbocycles. The van der Waals surface area contributed by atoms with Gasteiger partial charge in [-0.3, -0.25) is 4.79 Å². The summed E-state index contributed by atoms with van der Waals surface area (Å²) in [6.45, 7) is 0. The third-order valence-corrected chi connectivity index (χ3v) is 2.92. The van der Waals surface area contributed by atoms with Crippen LogP contribution in [0.3, 0.4) is 0 Å². The molecule has 0 radical (unpaired) electrons. The van der Waals surface area contributed by atoms with Crippen molar-refractivity contribution < 1.29 is 24.9 Å². The van der Waals surface area contributed by atoms with Gasteiger partial charge in [0.05, 0.1) is 12.7 Å². The highest BCUT2D eigenvalue weighted by molar-refractivity contribution is 6.09. The largest absolute Gasteiger partial charge is 0.508 e. The number of hydrogen-bond acceptors (Lipinski definition) is 5. The number of ketones is 1. The van der Waals surface area contributed by atoms with E-state index in [9.17, 15) is 15.0 Å². The van der Waals surface area contributed by atoms with E-state index in [1.54, 1.807) is 18.2 Å². The van der Waals surface area contributed by atoms with Crippen LogP contribution < -0.4 is 4.74 Å². The fourth-order valence-electron chi connectivity index (χ4n) is 1.77. The second-order valence-corrected chi connectivity index (χ2v) is 4.30. The van der Waals surface area contributed by atoms with Crippen molar-refractivity contribution in [3.05, 3.63) is 53.6 Å². The Balaban J connectivity index is 2.24. The van der Waals surface area contributed by atoms with Gasteiger partial charge >= 0.3 is 0 Å². The SMILES string of the molecule is COc1ccc(C(=O)/C=C/c2ccc(O)cc2)c(O)c1O. The first-order valence-corrected chi connectivity index (χ1v) is 6.13. The molecule has 0 aliphatic rings. The standard InChI is InChI=1S/C16H14O5/c1-21-14-9-7-12(15(19)16(14)20)13(18)8-4-10-2-5-11(17)6-3-10/h2-9,17,19-20H,1H3/b8-4+. The van der Waals surface area contributed by atoms with E-state index in [1.165, 1.54) is 37.5 Å². The summed E-state index contributed by atoms with van der Waals surface area (Å²) in [5.74, 6) is -1.22. The number of carbonyl (C=O) groups is 1. The monoisotopic (exact) mass is 286 g/mol. The van der Waals surface area contributed by atoms with Gasteiger partial charge in [0.25, 0.3) is 0 Å². The zero-order chi connectivity index (χ0) is 15.4. The van der Waals surface area contributed by atoms with E-state index >= 15 is 0 Å². The Kier molecular flexibility index (Phi) is 4.13. The molecule has 0 unspecified atom stereocenters. The molecule has 0 heterocycles. The summed E-state index contributed by atoms with van der Waals surface area (Å²) in [7, 11) is 1.35. The van der Waals surface area contributed by atoms with Crippen molar-refractivity contribution in [1.29, 1.82) is 0 Å². The van der Waals surface area contributed by atoms with Crippen molar-refractivity contribution in [2.24, 2.45) is 0 Å². The summed E-state index contributed by atoms with van der Waals surface area (Å²) in [5.41, 5.74) is 0.696. The van der Waals surface area contributed by atoms with Crippen LogP contribution in [0.25, 0.3) is 6.08 Å². The maximum absolute atomic E-state index is 12.0. The molecule has 2 aromatic carbocycles. The molecule has 0 aliphatic heterocycles. The number of methoxy groups -OCH3 is 1. The minimum Gasteiger partial charge on any atom is -0.508 e. The number of rotatable bonds is 4. The number of benzene rings is 2. The van der Waals surface area contributed by atoms with E-state index in [-0.39, 0.29) is 17.1 Å². The molecule has 2 aromatic rings. The normalized spacial score (nSPS) is 10.7. The third kappa shape index (κ3) is 3.14. The van der Waals surface area contributed by atoms with Gasteiger partial charge in [-0.05, 0) is 35.9 Å². The van der Waals surface area contributed by atoms with Crippen molar-refractivity contribution in [3.63, 3.8) is 0 Å². The van der Waals surface area contributed by atoms with E-state index in [0.717, 1.165) is 5.56 Å². The third-order valence-electron chi connectivity index (χ3n) is 2.92. The highest BCUT2D eigenvalue weighted by atomic mass is 16.5. The molecule has 0 atom stereocenters. The highest BCUT2D eigenvalue weighted by Gasteiger charge is 2.15. The maximum Gasteiger partial charge on any atom is 0.201 e. The molecule has 0 aromatic heterocycles. The zero-order valence-electron chi connectivity index (χ0n) is 11.3. The second kappa shape index (κ2) is 6.00. The van der Waals surface area contributed by atoms with Crippen LogP contribution >= 0.6 is 0 Å². The van der Waals surface area contributed by atoms with E-state index in [4.69, 9.17) is 9.84 Å². The van der Waals surface area contributed by atoms with Gasteiger partial charge in [0, 0.05) is 0 Å². The molecule has 0 bridgehead atoms. The number of aromatic hydroxyl groups is 3. The van der Waals surface area contributed by atoms with Gasteiger partial charge in [-0.25, -0.2) is 0 Å². The summed E-state index contributed by atoms with van der Waals surface area (Å²) in [6.07, 6.45) is 2.82. The first kappa shape index (κ1) is 14.5. The van der Waals surface area contributed by atoms with Crippen molar-refractivity contribution in [3.8, 4) is 23.0 Å². The molecule has 0 amide bonds. The van der Waals surface area contributed by atoms with Gasteiger partial charge in [-0.2, -0.15) is 0 Å². The van der Waals surface area contributed by atoms with Gasteiger partial charge in [-0.15, -0.1) is 0 Å². The number of hydrogen-bond donors (Lipinski definition) is 3. The lowest BCUT2D eigenvalue weighted by molar-refractivity contribution is 0.104. The molecule has 2 rings (SSSR count). The van der Waals surface area contributed by atoms with Crippen LogP contribution in [0.2, 0.25) is 0 Å². The average Bonchev–Trinajstić information content (AvgIpc) is 2.49. The summed E-state index contributed by atoms with van der Waals surface area (Å²) in [5, 5.41) is 28.6. The van der Waals surface area contributed by atoms with Crippen LogP contribution in [0, 0.1) is 0 Å². The first-order chi connectivity index (χ1) is 10.0. The second-order valence-electron chi connectivity index (χ2n) is 4.30. The van der Waals surface area contributed by atoms with Crippen LogP contribution in [-0.4, -0.2) is 28.2 Å². The summed E-state index contributed by atoms with van der Waals surface area (Å²) >= 11 is 0. The van der Waals surface area contributed by atoms with E-state index in [1.807, 2.05) is 0 Å². The Bertz CT molecular complexity index is 687. The predicted molar refractivity (Wildman–Crippen MR) is 77.8 cm³/mol. The van der Waals surface area contributed by atoms with E-state index < -0.39 is 17.3 Å². The maximum atomic E-state index is 12.0. The predicted octanol–water partition coefficient (Wildman–Crippen LogP) is 2.71. The summed E-state index contributed by atoms with van der Waals surface area (Å²) in [4.78, 5) is 12.0. The molecule has 0 fully saturated rings. The lowest BCUT2D eigenvalue weighted by Gasteiger charge is -2.07. The molecule has 0 spiro atoms. The van der Waals surface area contributed by atoms with Crippen LogP contribution in [0.15, 0.2) is 42.5 Å². The quantitative estimate of drug-likeness (QED) is 0.457. The molecular formula is C16H14O5. The summed E-state index contributed by atoms with van der Waals surface area (Å²) < 4.78 is 4.84. The minimum absolute atomic E-state index is 0.0247. The first-order valence-electron chi connectivity index (χ1n) is 6.13. The highest BCUT2D eigenvalue weighted by Crippen LogP contribution is 2.38. The lowest BCUT2D eigenvalue weighted by Crippen LogP contribution is -1.96. The van der Waals surface area contributed by atoms with Gasteiger partial charge in [0.2, 0.25) is 5.75 Å². The molecule has 5 heteroatoms. The smallest absolute Gasteiger partial charge is 0.201 e. The van der Waals surface area contributed by atoms with Crippen molar-refractivity contribution >= 4 is 11.9 Å². The van der Waals surface area contributed by atoms with Crippen LogP contribution in [0.4, 0.5) is 0 Å². The van der Waals surface area contributed by atoms with Gasteiger partial charge in [-0.1, -0.05) is 18.2 Å². The van der Waals surface area contributed by atoms with Crippen LogP contribution in [0.1, 0.15) is 15.9 Å². The number of phenols is 3. The van der Waals surface area contributed by atoms with Crippen molar-refractivity contribution in [2.75, 3.05) is 7.11 Å². The Morgan fingerprint density at radius 3 is 2.29 bits per heavy atom. The van der Waals surface area contributed by atoms with E-state index in [0.29, 0.717) is 0 Å².